The van der Waals surface area contributed by atoms with Gasteiger partial charge in [0.05, 0.1) is 4.88 Å². The minimum Gasteiger partial charge on any atom is -0.359 e. The van der Waals surface area contributed by atoms with Crippen molar-refractivity contribution in [3.63, 3.8) is 0 Å². The fraction of sp³-hybridized carbons (Fsp3) is 0.500. The minimum atomic E-state index is -0.0982. The van der Waals surface area contributed by atoms with Gasteiger partial charge < -0.3 is 9.84 Å². The third kappa shape index (κ3) is 3.02. The monoisotopic (exact) mass is 304 g/mol. The lowest BCUT2D eigenvalue weighted by atomic mass is 9.84. The predicted octanol–water partition coefficient (Wildman–Crippen LogP) is 4.52. The summed E-state index contributed by atoms with van der Waals surface area (Å²) in [4.78, 5) is 14.2. The number of aryl methyl sites for hydroxylation is 2. The number of hydrogen-bond donors (Lipinski definition) is 1. The molecule has 0 saturated heterocycles. The van der Waals surface area contributed by atoms with Crippen molar-refractivity contribution in [1.82, 2.24) is 5.16 Å². The standard InChI is InChI=1S/C16H20N2O2S/c1-3-5-12-8-14(21-10(12)2)16(19)17-15-9-13(20-18-15)11-6-4-7-11/h8-9,11H,3-7H2,1-2H3,(H,17,18,19). The van der Waals surface area contributed by atoms with Gasteiger partial charge in [0.1, 0.15) is 5.76 Å². The van der Waals surface area contributed by atoms with E-state index in [-0.39, 0.29) is 5.91 Å². The zero-order chi connectivity index (χ0) is 14.8. The highest BCUT2D eigenvalue weighted by Gasteiger charge is 2.24. The number of rotatable bonds is 5. The molecule has 1 amide bonds. The molecule has 0 aliphatic heterocycles. The van der Waals surface area contributed by atoms with Crippen molar-refractivity contribution >= 4 is 23.1 Å². The summed E-state index contributed by atoms with van der Waals surface area (Å²) >= 11 is 1.54. The molecule has 0 bridgehead atoms. The second-order valence-electron chi connectivity index (χ2n) is 5.64. The van der Waals surface area contributed by atoms with Crippen LogP contribution in [-0.2, 0) is 6.42 Å². The summed E-state index contributed by atoms with van der Waals surface area (Å²) in [5, 5.41) is 6.78. The molecule has 112 valence electrons. The molecule has 2 aromatic heterocycles. The van der Waals surface area contributed by atoms with Gasteiger partial charge >= 0.3 is 0 Å². The summed E-state index contributed by atoms with van der Waals surface area (Å²) < 4.78 is 5.31. The molecule has 0 atom stereocenters. The van der Waals surface area contributed by atoms with Crippen LogP contribution in [0.2, 0.25) is 0 Å². The van der Waals surface area contributed by atoms with Crippen LogP contribution in [-0.4, -0.2) is 11.1 Å². The first kappa shape index (κ1) is 14.3. The van der Waals surface area contributed by atoms with Gasteiger partial charge in [-0.3, -0.25) is 4.79 Å². The van der Waals surface area contributed by atoms with E-state index in [9.17, 15) is 4.79 Å². The van der Waals surface area contributed by atoms with E-state index in [1.54, 1.807) is 11.3 Å². The SMILES string of the molecule is CCCc1cc(C(=O)Nc2cc(C3CCC3)on2)sc1C. The van der Waals surface area contributed by atoms with Crippen LogP contribution in [0.4, 0.5) is 5.82 Å². The summed E-state index contributed by atoms with van der Waals surface area (Å²) in [6.07, 6.45) is 5.68. The average Bonchev–Trinajstić information content (AvgIpc) is 2.96. The quantitative estimate of drug-likeness (QED) is 0.883. The van der Waals surface area contributed by atoms with Gasteiger partial charge in [-0.25, -0.2) is 0 Å². The second kappa shape index (κ2) is 6.02. The number of nitrogens with zero attached hydrogens (tertiary/aromatic N) is 1. The molecule has 1 N–H and O–H groups in total. The maximum absolute atomic E-state index is 12.3. The smallest absolute Gasteiger partial charge is 0.266 e. The molecule has 1 fully saturated rings. The van der Waals surface area contributed by atoms with Crippen molar-refractivity contribution in [1.29, 1.82) is 0 Å². The van der Waals surface area contributed by atoms with E-state index < -0.39 is 0 Å². The number of carbonyl (C=O) groups excluding carboxylic acids is 1. The van der Waals surface area contributed by atoms with E-state index in [4.69, 9.17) is 4.52 Å². The number of amides is 1. The highest BCUT2D eigenvalue weighted by Crippen LogP contribution is 2.37. The van der Waals surface area contributed by atoms with E-state index in [1.165, 1.54) is 16.9 Å². The molecular weight excluding hydrogens is 284 g/mol. The van der Waals surface area contributed by atoms with Crippen LogP contribution >= 0.6 is 11.3 Å². The molecule has 0 unspecified atom stereocenters. The van der Waals surface area contributed by atoms with Gasteiger partial charge in [-0.2, -0.15) is 0 Å². The Balaban J connectivity index is 1.67. The normalized spacial score (nSPS) is 15.0. The van der Waals surface area contributed by atoms with E-state index >= 15 is 0 Å². The van der Waals surface area contributed by atoms with Gasteiger partial charge in [0.2, 0.25) is 0 Å². The first-order chi connectivity index (χ1) is 10.2. The van der Waals surface area contributed by atoms with E-state index in [2.05, 4.69) is 24.3 Å². The fourth-order valence-electron chi connectivity index (χ4n) is 2.56. The molecule has 1 aliphatic carbocycles. The topological polar surface area (TPSA) is 55.1 Å². The van der Waals surface area contributed by atoms with Gasteiger partial charge in [-0.15, -0.1) is 11.3 Å². The third-order valence-corrected chi connectivity index (χ3v) is 5.13. The van der Waals surface area contributed by atoms with Crippen molar-refractivity contribution in [3.05, 3.63) is 33.2 Å². The van der Waals surface area contributed by atoms with Gasteiger partial charge in [-0.1, -0.05) is 24.9 Å². The van der Waals surface area contributed by atoms with Gasteiger partial charge in [0, 0.05) is 16.9 Å². The molecular formula is C16H20N2O2S. The Morgan fingerprint density at radius 2 is 2.29 bits per heavy atom. The zero-order valence-electron chi connectivity index (χ0n) is 12.4. The van der Waals surface area contributed by atoms with E-state index in [0.717, 1.165) is 36.3 Å². The molecule has 1 saturated carbocycles. The van der Waals surface area contributed by atoms with E-state index in [0.29, 0.717) is 11.7 Å². The molecule has 1 aliphatic rings. The second-order valence-corrected chi connectivity index (χ2v) is 6.89. The molecule has 2 aromatic rings. The lowest BCUT2D eigenvalue weighted by Crippen LogP contribution is -2.10. The predicted molar refractivity (Wildman–Crippen MR) is 84.1 cm³/mol. The Kier molecular flexibility index (Phi) is 4.10. The molecule has 5 heteroatoms. The lowest BCUT2D eigenvalue weighted by molar-refractivity contribution is 0.102. The molecule has 3 rings (SSSR count). The number of nitrogens with one attached hydrogen (secondary N) is 1. The van der Waals surface area contributed by atoms with Crippen LogP contribution in [0.25, 0.3) is 0 Å². The van der Waals surface area contributed by atoms with Gasteiger partial charge in [0.15, 0.2) is 5.82 Å². The van der Waals surface area contributed by atoms with Crippen molar-refractivity contribution in [2.24, 2.45) is 0 Å². The van der Waals surface area contributed by atoms with Crippen molar-refractivity contribution in [2.45, 2.75) is 51.9 Å². The Morgan fingerprint density at radius 3 is 2.95 bits per heavy atom. The average molecular weight is 304 g/mol. The third-order valence-electron chi connectivity index (χ3n) is 4.04. The van der Waals surface area contributed by atoms with Crippen LogP contribution < -0.4 is 5.32 Å². The summed E-state index contributed by atoms with van der Waals surface area (Å²) in [6, 6.07) is 3.85. The maximum atomic E-state index is 12.3. The Morgan fingerprint density at radius 1 is 1.48 bits per heavy atom. The number of thiophene rings is 1. The summed E-state index contributed by atoms with van der Waals surface area (Å²) in [5.41, 5.74) is 1.27. The number of carbonyl (C=O) groups is 1. The Labute approximate surface area is 128 Å². The summed E-state index contributed by atoms with van der Waals surface area (Å²) in [6.45, 7) is 4.21. The summed E-state index contributed by atoms with van der Waals surface area (Å²) in [7, 11) is 0. The Hall–Kier alpha value is -1.62. The molecule has 21 heavy (non-hydrogen) atoms. The summed E-state index contributed by atoms with van der Waals surface area (Å²) in [5.74, 6) is 1.80. The van der Waals surface area contributed by atoms with E-state index in [1.807, 2.05) is 12.1 Å². The molecule has 2 heterocycles. The minimum absolute atomic E-state index is 0.0982. The lowest BCUT2D eigenvalue weighted by Gasteiger charge is -2.21. The number of hydrogen-bond acceptors (Lipinski definition) is 4. The van der Waals surface area contributed by atoms with Crippen LogP contribution in [0.1, 0.15) is 64.4 Å². The molecule has 0 radical (unpaired) electrons. The van der Waals surface area contributed by atoms with Gasteiger partial charge in [0.25, 0.3) is 5.91 Å². The zero-order valence-corrected chi connectivity index (χ0v) is 13.3. The molecule has 4 nitrogen and oxygen atoms in total. The number of anilines is 1. The van der Waals surface area contributed by atoms with Crippen molar-refractivity contribution in [2.75, 3.05) is 5.32 Å². The number of aromatic nitrogens is 1. The van der Waals surface area contributed by atoms with Crippen LogP contribution in [0.3, 0.4) is 0 Å². The van der Waals surface area contributed by atoms with Crippen LogP contribution in [0.5, 0.6) is 0 Å². The highest BCUT2D eigenvalue weighted by atomic mass is 32.1. The highest BCUT2D eigenvalue weighted by molar-refractivity contribution is 7.14. The maximum Gasteiger partial charge on any atom is 0.266 e. The fourth-order valence-corrected chi connectivity index (χ4v) is 3.53. The van der Waals surface area contributed by atoms with Crippen LogP contribution in [0.15, 0.2) is 16.7 Å². The molecule has 0 spiro atoms. The van der Waals surface area contributed by atoms with Crippen molar-refractivity contribution < 1.29 is 9.32 Å². The molecule has 0 aromatic carbocycles. The first-order valence-corrected chi connectivity index (χ1v) is 8.36. The van der Waals surface area contributed by atoms with Gasteiger partial charge in [-0.05, 0) is 37.8 Å². The van der Waals surface area contributed by atoms with Crippen molar-refractivity contribution in [3.8, 4) is 0 Å². The van der Waals surface area contributed by atoms with Crippen LogP contribution in [0, 0.1) is 6.92 Å². The Bertz CT molecular complexity index is 640. The first-order valence-electron chi connectivity index (χ1n) is 7.54. The largest absolute Gasteiger partial charge is 0.359 e.